The van der Waals surface area contributed by atoms with Gasteiger partial charge >= 0.3 is 0 Å². The summed E-state index contributed by atoms with van der Waals surface area (Å²) < 4.78 is 6.97. The predicted molar refractivity (Wildman–Crippen MR) is 102 cm³/mol. The van der Waals surface area contributed by atoms with Gasteiger partial charge in [0.1, 0.15) is 5.82 Å². The molecule has 4 aromatic rings. The van der Waals surface area contributed by atoms with Crippen molar-refractivity contribution in [1.82, 2.24) is 30.1 Å². The summed E-state index contributed by atoms with van der Waals surface area (Å²) >= 11 is 0. The maximum Gasteiger partial charge on any atom is 0.259 e. The Labute approximate surface area is 161 Å². The molecule has 3 heterocycles. The Morgan fingerprint density at radius 3 is 2.61 bits per heavy atom. The molecule has 8 nitrogen and oxygen atoms in total. The number of fused-ring (bicyclic) bond motifs is 1. The first-order valence-corrected chi connectivity index (χ1v) is 9.11. The number of carbonyl (C=O) groups excluding carboxylic acids is 1. The fraction of sp³-hybridized carbons (Fsp3) is 0.250. The molecule has 0 saturated carbocycles. The van der Waals surface area contributed by atoms with Crippen LogP contribution < -0.4 is 5.32 Å². The number of aryl methyl sites for hydroxylation is 2. The minimum atomic E-state index is -0.118. The molecular weight excluding hydrogens is 356 g/mol. The second kappa shape index (κ2) is 7.59. The molecule has 0 radical (unpaired) electrons. The number of hydrogen-bond acceptors (Lipinski definition) is 6. The van der Waals surface area contributed by atoms with Gasteiger partial charge in [0.25, 0.3) is 5.89 Å². The third-order valence-electron chi connectivity index (χ3n) is 4.49. The van der Waals surface area contributed by atoms with Gasteiger partial charge in [-0.3, -0.25) is 9.20 Å². The second-order valence-electron chi connectivity index (χ2n) is 6.53. The number of hydrogen-bond donors (Lipinski definition) is 1. The summed E-state index contributed by atoms with van der Waals surface area (Å²) in [5.74, 6) is 1.41. The van der Waals surface area contributed by atoms with E-state index in [-0.39, 0.29) is 12.3 Å². The van der Waals surface area contributed by atoms with Crippen molar-refractivity contribution in [2.45, 2.75) is 33.2 Å². The van der Waals surface area contributed by atoms with Crippen LogP contribution in [0.1, 0.15) is 29.7 Å². The predicted octanol–water partition coefficient (Wildman–Crippen LogP) is 2.51. The summed E-state index contributed by atoms with van der Waals surface area (Å²) in [5.41, 5.74) is 3.73. The van der Waals surface area contributed by atoms with Gasteiger partial charge < -0.3 is 9.84 Å². The van der Waals surface area contributed by atoms with Crippen LogP contribution >= 0.6 is 0 Å². The number of rotatable bonds is 6. The quantitative estimate of drug-likeness (QED) is 0.555. The molecule has 0 spiro atoms. The lowest BCUT2D eigenvalue weighted by atomic mass is 10.1. The second-order valence-corrected chi connectivity index (χ2v) is 6.53. The molecule has 0 unspecified atom stereocenters. The van der Waals surface area contributed by atoms with Crippen LogP contribution in [-0.2, 0) is 24.2 Å². The Morgan fingerprint density at radius 2 is 1.89 bits per heavy atom. The minimum absolute atomic E-state index is 0.118. The van der Waals surface area contributed by atoms with Crippen LogP contribution in [-0.4, -0.2) is 30.6 Å². The first kappa shape index (κ1) is 17.8. The normalized spacial score (nSPS) is 11.1. The van der Waals surface area contributed by atoms with Crippen LogP contribution in [0, 0.1) is 6.92 Å². The zero-order chi connectivity index (χ0) is 19.5. The van der Waals surface area contributed by atoms with Crippen LogP contribution in [0.2, 0.25) is 0 Å². The molecule has 3 aromatic heterocycles. The number of amides is 1. The number of nitrogens with one attached hydrogen (secondary N) is 1. The molecule has 4 rings (SSSR count). The average Bonchev–Trinajstić information content (AvgIpc) is 3.33. The average molecular weight is 376 g/mol. The summed E-state index contributed by atoms with van der Waals surface area (Å²) in [4.78, 5) is 16.6. The van der Waals surface area contributed by atoms with Crippen LogP contribution in [0.25, 0.3) is 17.1 Å². The van der Waals surface area contributed by atoms with Gasteiger partial charge in [0, 0.05) is 12.7 Å². The van der Waals surface area contributed by atoms with Crippen LogP contribution in [0.3, 0.4) is 0 Å². The first-order valence-electron chi connectivity index (χ1n) is 9.11. The fourth-order valence-corrected chi connectivity index (χ4v) is 2.90. The molecular formula is C20H20N6O2. The molecule has 1 aromatic carbocycles. The summed E-state index contributed by atoms with van der Waals surface area (Å²) in [6.45, 7) is 4.35. The Bertz CT molecular complexity index is 1110. The highest BCUT2D eigenvalue weighted by molar-refractivity contribution is 5.78. The first-order chi connectivity index (χ1) is 13.6. The number of aromatic nitrogens is 5. The van der Waals surface area contributed by atoms with Gasteiger partial charge in [-0.25, -0.2) is 0 Å². The van der Waals surface area contributed by atoms with E-state index in [2.05, 4.69) is 44.7 Å². The van der Waals surface area contributed by atoms with Crippen molar-refractivity contribution in [2.24, 2.45) is 0 Å². The van der Waals surface area contributed by atoms with E-state index in [1.807, 2.05) is 18.2 Å². The largest absolute Gasteiger partial charge is 0.352 e. The molecule has 28 heavy (non-hydrogen) atoms. The molecule has 1 amide bonds. The van der Waals surface area contributed by atoms with Gasteiger partial charge in [-0.15, -0.1) is 10.2 Å². The van der Waals surface area contributed by atoms with Gasteiger partial charge in [0.2, 0.25) is 5.91 Å². The summed E-state index contributed by atoms with van der Waals surface area (Å²) in [5, 5.41) is 15.0. The van der Waals surface area contributed by atoms with E-state index >= 15 is 0 Å². The van der Waals surface area contributed by atoms with E-state index < -0.39 is 0 Å². The minimum Gasteiger partial charge on any atom is -0.352 e. The number of benzene rings is 1. The van der Waals surface area contributed by atoms with Crippen molar-refractivity contribution in [3.8, 4) is 11.5 Å². The fourth-order valence-electron chi connectivity index (χ4n) is 2.90. The smallest absolute Gasteiger partial charge is 0.259 e. The maximum atomic E-state index is 12.4. The van der Waals surface area contributed by atoms with E-state index in [1.54, 1.807) is 23.6 Å². The van der Waals surface area contributed by atoms with Crippen molar-refractivity contribution >= 4 is 11.6 Å². The maximum absolute atomic E-state index is 12.4. The Kier molecular flexibility index (Phi) is 4.84. The van der Waals surface area contributed by atoms with Crippen molar-refractivity contribution < 1.29 is 9.32 Å². The van der Waals surface area contributed by atoms with Crippen molar-refractivity contribution in [2.75, 3.05) is 0 Å². The molecule has 0 aliphatic heterocycles. The Balaban J connectivity index is 1.46. The third-order valence-corrected chi connectivity index (χ3v) is 4.49. The molecule has 0 aliphatic carbocycles. The van der Waals surface area contributed by atoms with Gasteiger partial charge in [0.15, 0.2) is 11.5 Å². The summed E-state index contributed by atoms with van der Waals surface area (Å²) in [7, 11) is 0. The van der Waals surface area contributed by atoms with Crippen molar-refractivity contribution in [1.29, 1.82) is 0 Å². The van der Waals surface area contributed by atoms with Crippen LogP contribution in [0.4, 0.5) is 0 Å². The van der Waals surface area contributed by atoms with E-state index in [9.17, 15) is 4.79 Å². The number of carbonyl (C=O) groups is 1. The van der Waals surface area contributed by atoms with E-state index in [0.717, 1.165) is 17.5 Å². The molecule has 0 aliphatic rings. The molecule has 0 bridgehead atoms. The SMILES string of the molecule is CCc1ccc(CNC(=O)Cc2nnc3ccc(-c4nc(C)no4)cn23)cc1. The highest BCUT2D eigenvalue weighted by Gasteiger charge is 2.13. The molecule has 142 valence electrons. The van der Waals surface area contributed by atoms with Crippen molar-refractivity contribution in [3.05, 3.63) is 65.4 Å². The number of nitrogens with zero attached hydrogens (tertiary/aromatic N) is 5. The third kappa shape index (κ3) is 3.75. The zero-order valence-electron chi connectivity index (χ0n) is 15.7. The van der Waals surface area contributed by atoms with Crippen molar-refractivity contribution in [3.63, 3.8) is 0 Å². The van der Waals surface area contributed by atoms with Crippen LogP contribution in [0.5, 0.6) is 0 Å². The van der Waals surface area contributed by atoms with Crippen LogP contribution in [0.15, 0.2) is 47.1 Å². The molecule has 1 N–H and O–H groups in total. The van der Waals surface area contributed by atoms with E-state index in [1.165, 1.54) is 5.56 Å². The molecule has 0 fully saturated rings. The monoisotopic (exact) mass is 376 g/mol. The standard InChI is InChI=1S/C20H20N6O2/c1-3-14-4-6-15(7-5-14)11-21-19(27)10-18-24-23-17-9-8-16(12-26(17)18)20-22-13(2)25-28-20/h4-9,12H,3,10-11H2,1-2H3,(H,21,27). The topological polar surface area (TPSA) is 98.2 Å². The van der Waals surface area contributed by atoms with Gasteiger partial charge in [-0.1, -0.05) is 36.3 Å². The van der Waals surface area contributed by atoms with Gasteiger partial charge in [-0.05, 0) is 36.6 Å². The number of pyridine rings is 1. The van der Waals surface area contributed by atoms with Gasteiger partial charge in [0.05, 0.1) is 12.0 Å². The lowest BCUT2D eigenvalue weighted by Crippen LogP contribution is -2.25. The summed E-state index contributed by atoms with van der Waals surface area (Å²) in [6.07, 6.45) is 2.92. The highest BCUT2D eigenvalue weighted by Crippen LogP contribution is 2.18. The Morgan fingerprint density at radius 1 is 1.11 bits per heavy atom. The summed E-state index contributed by atoms with van der Waals surface area (Å²) in [6, 6.07) is 11.9. The van der Waals surface area contributed by atoms with E-state index in [4.69, 9.17) is 4.52 Å². The highest BCUT2D eigenvalue weighted by atomic mass is 16.5. The molecule has 0 atom stereocenters. The van der Waals surface area contributed by atoms with E-state index in [0.29, 0.717) is 29.7 Å². The lowest BCUT2D eigenvalue weighted by molar-refractivity contribution is -0.120. The Hall–Kier alpha value is -3.55. The van der Waals surface area contributed by atoms with Gasteiger partial charge in [-0.2, -0.15) is 4.98 Å². The molecule has 0 saturated heterocycles. The lowest BCUT2D eigenvalue weighted by Gasteiger charge is -2.06. The molecule has 8 heteroatoms. The zero-order valence-corrected chi connectivity index (χ0v) is 15.7.